The van der Waals surface area contributed by atoms with Crippen molar-refractivity contribution >= 4 is 5.84 Å². The van der Waals surface area contributed by atoms with Crippen molar-refractivity contribution in [3.8, 4) is 0 Å². The molecule has 15 heavy (non-hydrogen) atoms. The summed E-state index contributed by atoms with van der Waals surface area (Å²) in [5.74, 6) is -0.797. The zero-order valence-electron chi connectivity index (χ0n) is 7.91. The summed E-state index contributed by atoms with van der Waals surface area (Å²) in [6, 6.07) is 0. The van der Waals surface area contributed by atoms with Gasteiger partial charge in [0.1, 0.15) is 0 Å². The van der Waals surface area contributed by atoms with Crippen molar-refractivity contribution in [2.24, 2.45) is 10.7 Å². The first kappa shape index (κ1) is 11.4. The first-order chi connectivity index (χ1) is 6.89. The summed E-state index contributed by atoms with van der Waals surface area (Å²) in [6.45, 7) is 1.77. The van der Waals surface area contributed by atoms with Crippen molar-refractivity contribution in [1.82, 2.24) is 9.97 Å². The van der Waals surface area contributed by atoms with E-state index in [4.69, 9.17) is 5.73 Å². The normalized spacial score (nSPS) is 12.9. The molecule has 0 amide bonds. The highest BCUT2D eigenvalue weighted by molar-refractivity contribution is 5.77. The Bertz CT molecular complexity index is 351. The van der Waals surface area contributed by atoms with Crippen LogP contribution in [0, 0.1) is 0 Å². The fraction of sp³-hybridized carbons (Fsp3) is 0.375. The predicted molar refractivity (Wildman–Crippen MR) is 48.0 cm³/mol. The zero-order valence-corrected chi connectivity index (χ0v) is 7.91. The molecular weight excluding hydrogens is 209 g/mol. The Balaban J connectivity index is 2.77. The topological polar surface area (TPSA) is 64.2 Å². The molecule has 0 atom stereocenters. The van der Waals surface area contributed by atoms with E-state index < -0.39 is 12.0 Å². The molecule has 0 aliphatic heterocycles. The number of amidine groups is 1. The van der Waals surface area contributed by atoms with Crippen LogP contribution < -0.4 is 5.73 Å². The van der Waals surface area contributed by atoms with Gasteiger partial charge in [0.25, 0.3) is 0 Å². The summed E-state index contributed by atoms with van der Waals surface area (Å²) in [5, 5.41) is 0. The molecule has 7 heteroatoms. The summed E-state index contributed by atoms with van der Waals surface area (Å²) >= 11 is 0. The van der Waals surface area contributed by atoms with Crippen LogP contribution >= 0.6 is 0 Å². The van der Waals surface area contributed by atoms with E-state index in [2.05, 4.69) is 15.0 Å². The van der Waals surface area contributed by atoms with Gasteiger partial charge in [-0.2, -0.15) is 13.2 Å². The average Bonchev–Trinajstić information content (AvgIpc) is 2.14. The lowest BCUT2D eigenvalue weighted by atomic mass is 10.3. The number of aliphatic imine (C=N–C) groups is 1. The van der Waals surface area contributed by atoms with E-state index in [1.165, 1.54) is 0 Å². The maximum atomic E-state index is 12.1. The molecule has 1 aromatic rings. The number of halogens is 3. The smallest absolute Gasteiger partial charge is 0.388 e. The maximum Gasteiger partial charge on any atom is 0.451 e. The van der Waals surface area contributed by atoms with E-state index in [0.717, 1.165) is 12.4 Å². The van der Waals surface area contributed by atoms with E-state index in [1.807, 2.05) is 0 Å². The lowest BCUT2D eigenvalue weighted by molar-refractivity contribution is -0.145. The van der Waals surface area contributed by atoms with Crippen LogP contribution in [-0.2, 0) is 12.7 Å². The van der Waals surface area contributed by atoms with Crippen molar-refractivity contribution in [3.05, 3.63) is 23.8 Å². The molecular formula is C8H9F3N4. The highest BCUT2D eigenvalue weighted by Gasteiger charge is 2.34. The van der Waals surface area contributed by atoms with Crippen LogP contribution in [0.15, 0.2) is 17.4 Å². The van der Waals surface area contributed by atoms with Crippen LogP contribution in [0.5, 0.6) is 0 Å². The van der Waals surface area contributed by atoms with Crippen LogP contribution in [0.25, 0.3) is 0 Å². The van der Waals surface area contributed by atoms with Gasteiger partial charge in [-0.05, 0) is 6.92 Å². The van der Waals surface area contributed by atoms with E-state index in [1.54, 1.807) is 6.92 Å². The third kappa shape index (κ3) is 3.53. The molecule has 1 aromatic heterocycles. The van der Waals surface area contributed by atoms with Gasteiger partial charge in [-0.3, -0.25) is 4.99 Å². The third-order valence-corrected chi connectivity index (χ3v) is 1.47. The number of hydrogen-bond acceptors (Lipinski definition) is 3. The van der Waals surface area contributed by atoms with Gasteiger partial charge >= 0.3 is 6.18 Å². The average molecular weight is 218 g/mol. The molecule has 1 heterocycles. The minimum Gasteiger partial charge on any atom is -0.388 e. The molecule has 0 saturated heterocycles. The summed E-state index contributed by atoms with van der Waals surface area (Å²) in [6.07, 6.45) is -2.34. The van der Waals surface area contributed by atoms with Gasteiger partial charge in [0, 0.05) is 18.0 Å². The van der Waals surface area contributed by atoms with E-state index in [0.29, 0.717) is 11.4 Å². The minimum atomic E-state index is -4.51. The molecule has 2 N–H and O–H groups in total. The van der Waals surface area contributed by atoms with Gasteiger partial charge in [0.05, 0.1) is 12.4 Å². The third-order valence-electron chi connectivity index (χ3n) is 1.47. The van der Waals surface area contributed by atoms with E-state index >= 15 is 0 Å². The molecule has 0 aliphatic carbocycles. The zero-order chi connectivity index (χ0) is 11.5. The molecule has 1 rings (SSSR count). The molecule has 0 bridgehead atoms. The van der Waals surface area contributed by atoms with Crippen LogP contribution in [-0.4, -0.2) is 15.8 Å². The number of hydrogen-bond donors (Lipinski definition) is 1. The van der Waals surface area contributed by atoms with Gasteiger partial charge in [0.15, 0.2) is 0 Å². The number of aromatic nitrogens is 2. The van der Waals surface area contributed by atoms with Crippen LogP contribution in [0.4, 0.5) is 13.2 Å². The summed E-state index contributed by atoms with van der Waals surface area (Å²) in [5.41, 5.74) is 5.75. The van der Waals surface area contributed by atoms with Crippen molar-refractivity contribution in [1.29, 1.82) is 0 Å². The highest BCUT2D eigenvalue weighted by Crippen LogP contribution is 2.25. The summed E-state index contributed by atoms with van der Waals surface area (Å²) in [7, 11) is 0. The first-order valence-electron chi connectivity index (χ1n) is 4.04. The largest absolute Gasteiger partial charge is 0.451 e. The molecule has 0 saturated carbocycles. The Morgan fingerprint density at radius 2 is 1.93 bits per heavy atom. The molecule has 0 fully saturated rings. The SMILES string of the molecule is CC(N)=NCc1cnc(C(F)(F)F)nc1. The molecule has 0 aromatic carbocycles. The van der Waals surface area contributed by atoms with Gasteiger partial charge in [-0.1, -0.05) is 0 Å². The van der Waals surface area contributed by atoms with E-state index in [9.17, 15) is 13.2 Å². The van der Waals surface area contributed by atoms with Crippen molar-refractivity contribution < 1.29 is 13.2 Å². The second kappa shape index (κ2) is 4.24. The molecule has 0 aliphatic rings. The quantitative estimate of drug-likeness (QED) is 0.602. The highest BCUT2D eigenvalue weighted by atomic mass is 19.4. The van der Waals surface area contributed by atoms with Gasteiger partial charge in [-0.25, -0.2) is 9.97 Å². The van der Waals surface area contributed by atoms with Crippen LogP contribution in [0.2, 0.25) is 0 Å². The van der Waals surface area contributed by atoms with Crippen LogP contribution in [0.3, 0.4) is 0 Å². The van der Waals surface area contributed by atoms with Crippen molar-refractivity contribution in [2.75, 3.05) is 0 Å². The lowest BCUT2D eigenvalue weighted by Crippen LogP contribution is -2.11. The maximum absolute atomic E-state index is 12.1. The second-order valence-corrected chi connectivity index (χ2v) is 2.87. The number of nitrogens with zero attached hydrogens (tertiary/aromatic N) is 3. The molecule has 0 spiro atoms. The number of alkyl halides is 3. The fourth-order valence-electron chi connectivity index (χ4n) is 0.799. The van der Waals surface area contributed by atoms with Crippen molar-refractivity contribution in [2.45, 2.75) is 19.6 Å². The Labute approximate surface area is 84.1 Å². The van der Waals surface area contributed by atoms with Gasteiger partial charge < -0.3 is 5.73 Å². The summed E-state index contributed by atoms with van der Waals surface area (Å²) in [4.78, 5) is 10.2. The second-order valence-electron chi connectivity index (χ2n) is 2.87. The van der Waals surface area contributed by atoms with Crippen LogP contribution in [0.1, 0.15) is 18.3 Å². The number of rotatable bonds is 2. The van der Waals surface area contributed by atoms with E-state index in [-0.39, 0.29) is 6.54 Å². The Kier molecular flexibility index (Phi) is 3.23. The number of nitrogens with two attached hydrogens (primary N) is 1. The summed E-state index contributed by atoms with van der Waals surface area (Å²) < 4.78 is 36.2. The molecule has 0 radical (unpaired) electrons. The molecule has 0 unspecified atom stereocenters. The fourth-order valence-corrected chi connectivity index (χ4v) is 0.799. The monoisotopic (exact) mass is 218 g/mol. The van der Waals surface area contributed by atoms with Crippen molar-refractivity contribution in [3.63, 3.8) is 0 Å². The molecule has 82 valence electrons. The Morgan fingerprint density at radius 1 is 1.40 bits per heavy atom. The van der Waals surface area contributed by atoms with Gasteiger partial charge in [0.2, 0.25) is 5.82 Å². The van der Waals surface area contributed by atoms with Gasteiger partial charge in [-0.15, -0.1) is 0 Å². The molecule has 4 nitrogen and oxygen atoms in total. The Hall–Kier alpha value is -1.66. The standard InChI is InChI=1S/C8H9F3N4/c1-5(12)13-2-6-3-14-7(15-4-6)8(9,10)11/h3-4H,2H2,1H3,(H2,12,13). The lowest BCUT2D eigenvalue weighted by Gasteiger charge is -2.04. The predicted octanol–water partition coefficient (Wildman–Crippen LogP) is 1.37. The Morgan fingerprint density at radius 3 is 2.33 bits per heavy atom. The minimum absolute atomic E-state index is 0.181. The first-order valence-corrected chi connectivity index (χ1v) is 4.04.